The van der Waals surface area contributed by atoms with Crippen LogP contribution in [0.1, 0.15) is 49.4 Å². The van der Waals surface area contributed by atoms with Crippen LogP contribution in [0.2, 0.25) is 0 Å². The fraction of sp³-hybridized carbons (Fsp3) is 0.600. The molecule has 1 atom stereocenters. The number of carbonyl (C=O) groups is 2. The van der Waals surface area contributed by atoms with Gasteiger partial charge in [-0.2, -0.15) is 0 Å². The van der Waals surface area contributed by atoms with E-state index in [-0.39, 0.29) is 24.8 Å². The minimum Gasteiger partial charge on any atom is -0.481 e. The van der Waals surface area contributed by atoms with Crippen LogP contribution in [0.3, 0.4) is 0 Å². The number of carboxylic acids is 1. The van der Waals surface area contributed by atoms with E-state index in [0.29, 0.717) is 0 Å². The van der Waals surface area contributed by atoms with Gasteiger partial charge in [-0.05, 0) is 31.4 Å². The maximum atomic E-state index is 12.3. The minimum absolute atomic E-state index is 0.000922. The van der Waals surface area contributed by atoms with Crippen molar-refractivity contribution in [3.8, 4) is 0 Å². The molecule has 1 amide bonds. The Kier molecular flexibility index (Phi) is 5.34. The average molecular weight is 297 g/mol. The van der Waals surface area contributed by atoms with Gasteiger partial charge in [-0.25, -0.2) is 0 Å². The highest BCUT2D eigenvalue weighted by molar-refractivity contribution is 7.12. The quantitative estimate of drug-likeness (QED) is 0.874. The predicted molar refractivity (Wildman–Crippen MR) is 80.9 cm³/mol. The van der Waals surface area contributed by atoms with Crippen molar-refractivity contribution in [1.82, 2.24) is 4.90 Å². The van der Waals surface area contributed by atoms with Crippen LogP contribution >= 0.6 is 11.3 Å². The molecule has 0 spiro atoms. The minimum atomic E-state index is -0.868. The maximum Gasteiger partial charge on any atom is 0.303 e. The Morgan fingerprint density at radius 1 is 1.35 bits per heavy atom. The summed E-state index contributed by atoms with van der Waals surface area (Å²) in [6.07, 6.45) is 0.240. The lowest BCUT2D eigenvalue weighted by atomic mass is 9.85. The largest absolute Gasteiger partial charge is 0.481 e. The number of aliphatic carboxylic acids is 1. The van der Waals surface area contributed by atoms with E-state index in [9.17, 15) is 9.59 Å². The average Bonchev–Trinajstić information content (AvgIpc) is 2.71. The molecule has 1 unspecified atom stereocenters. The van der Waals surface area contributed by atoms with Crippen LogP contribution in [0.15, 0.2) is 12.1 Å². The molecule has 0 bridgehead atoms. The van der Waals surface area contributed by atoms with Gasteiger partial charge in [0, 0.05) is 23.2 Å². The van der Waals surface area contributed by atoms with Crippen molar-refractivity contribution in [2.75, 3.05) is 7.05 Å². The SMILES string of the molecule is Cc1ccc(C(C)N(C)C(=O)CC(C)(C)CC(=O)O)s1. The van der Waals surface area contributed by atoms with Crippen LogP contribution in [0.5, 0.6) is 0 Å². The number of nitrogens with zero attached hydrogens (tertiary/aromatic N) is 1. The fourth-order valence-electron chi connectivity index (χ4n) is 2.09. The third kappa shape index (κ3) is 4.63. The van der Waals surface area contributed by atoms with Crippen LogP contribution in [0.4, 0.5) is 0 Å². The number of amides is 1. The van der Waals surface area contributed by atoms with Crippen molar-refractivity contribution >= 4 is 23.2 Å². The van der Waals surface area contributed by atoms with E-state index in [1.807, 2.05) is 39.8 Å². The number of carbonyl (C=O) groups excluding carboxylic acids is 1. The molecular weight excluding hydrogens is 274 g/mol. The van der Waals surface area contributed by atoms with Crippen molar-refractivity contribution in [2.45, 2.75) is 46.6 Å². The van der Waals surface area contributed by atoms with Gasteiger partial charge in [0.1, 0.15) is 0 Å². The van der Waals surface area contributed by atoms with Gasteiger partial charge in [0.15, 0.2) is 0 Å². The molecule has 4 nitrogen and oxygen atoms in total. The lowest BCUT2D eigenvalue weighted by molar-refractivity contribution is -0.140. The molecule has 1 heterocycles. The van der Waals surface area contributed by atoms with Gasteiger partial charge in [0.2, 0.25) is 5.91 Å². The highest BCUT2D eigenvalue weighted by Crippen LogP contribution is 2.30. The number of rotatable bonds is 6. The fourth-order valence-corrected chi connectivity index (χ4v) is 3.06. The maximum absolute atomic E-state index is 12.3. The van der Waals surface area contributed by atoms with Crippen LogP contribution in [0.25, 0.3) is 0 Å². The Balaban J connectivity index is 2.69. The van der Waals surface area contributed by atoms with Gasteiger partial charge in [0.05, 0.1) is 12.5 Å². The lowest BCUT2D eigenvalue weighted by Crippen LogP contribution is -2.33. The van der Waals surface area contributed by atoms with Gasteiger partial charge < -0.3 is 10.0 Å². The molecule has 20 heavy (non-hydrogen) atoms. The number of aryl methyl sites for hydroxylation is 1. The Labute approximate surface area is 124 Å². The smallest absolute Gasteiger partial charge is 0.303 e. The molecule has 0 aliphatic carbocycles. The summed E-state index contributed by atoms with van der Waals surface area (Å²) in [7, 11) is 1.78. The first kappa shape index (κ1) is 16.7. The first-order valence-corrected chi connectivity index (χ1v) is 7.48. The summed E-state index contributed by atoms with van der Waals surface area (Å²) in [4.78, 5) is 27.2. The first-order chi connectivity index (χ1) is 9.12. The van der Waals surface area contributed by atoms with Gasteiger partial charge in [-0.1, -0.05) is 13.8 Å². The molecule has 1 aromatic heterocycles. The summed E-state index contributed by atoms with van der Waals surface area (Å²) in [5, 5.41) is 8.87. The topological polar surface area (TPSA) is 57.6 Å². The van der Waals surface area contributed by atoms with Gasteiger partial charge in [0.25, 0.3) is 0 Å². The molecule has 0 aromatic carbocycles. The predicted octanol–water partition coefficient (Wildman–Crippen LogP) is 3.47. The van der Waals surface area contributed by atoms with Crippen molar-refractivity contribution in [3.63, 3.8) is 0 Å². The second-order valence-corrected chi connectivity index (χ2v) is 7.36. The first-order valence-electron chi connectivity index (χ1n) is 6.66. The van der Waals surface area contributed by atoms with Gasteiger partial charge >= 0.3 is 5.97 Å². The molecule has 0 aliphatic rings. The van der Waals surface area contributed by atoms with E-state index in [4.69, 9.17) is 5.11 Å². The molecule has 0 saturated heterocycles. The highest BCUT2D eigenvalue weighted by atomic mass is 32.1. The Hall–Kier alpha value is -1.36. The number of hydrogen-bond donors (Lipinski definition) is 1. The Bertz CT molecular complexity index is 493. The van der Waals surface area contributed by atoms with Crippen LogP contribution < -0.4 is 0 Å². The van der Waals surface area contributed by atoms with E-state index in [1.54, 1.807) is 23.3 Å². The van der Waals surface area contributed by atoms with E-state index in [1.165, 1.54) is 4.88 Å². The van der Waals surface area contributed by atoms with Crippen molar-refractivity contribution in [1.29, 1.82) is 0 Å². The van der Waals surface area contributed by atoms with Crippen molar-refractivity contribution < 1.29 is 14.7 Å². The Morgan fingerprint density at radius 2 is 1.95 bits per heavy atom. The van der Waals surface area contributed by atoms with Gasteiger partial charge in [-0.3, -0.25) is 9.59 Å². The molecule has 0 fully saturated rings. The van der Waals surface area contributed by atoms with Crippen LogP contribution in [-0.4, -0.2) is 28.9 Å². The van der Waals surface area contributed by atoms with Crippen molar-refractivity contribution in [3.05, 3.63) is 21.9 Å². The van der Waals surface area contributed by atoms with Crippen molar-refractivity contribution in [2.24, 2.45) is 5.41 Å². The molecular formula is C15H23NO3S. The normalized spacial score (nSPS) is 13.1. The molecule has 0 aliphatic heterocycles. The second-order valence-electron chi connectivity index (χ2n) is 6.04. The summed E-state index contributed by atoms with van der Waals surface area (Å²) < 4.78 is 0. The third-order valence-corrected chi connectivity index (χ3v) is 4.58. The van der Waals surface area contributed by atoms with Gasteiger partial charge in [-0.15, -0.1) is 11.3 Å². The summed E-state index contributed by atoms with van der Waals surface area (Å²) in [6.45, 7) is 7.66. The summed E-state index contributed by atoms with van der Waals surface area (Å²) in [5.41, 5.74) is -0.526. The molecule has 112 valence electrons. The second kappa shape index (κ2) is 6.39. The molecule has 1 rings (SSSR count). The monoisotopic (exact) mass is 297 g/mol. The zero-order valence-corrected chi connectivity index (χ0v) is 13.6. The number of carboxylic acid groups (broad SMARTS) is 1. The lowest BCUT2D eigenvalue weighted by Gasteiger charge is -2.29. The summed E-state index contributed by atoms with van der Waals surface area (Å²) in [5.74, 6) is -0.887. The van der Waals surface area contributed by atoms with E-state index >= 15 is 0 Å². The van der Waals surface area contributed by atoms with E-state index in [2.05, 4.69) is 0 Å². The van der Waals surface area contributed by atoms with Crippen LogP contribution in [-0.2, 0) is 9.59 Å². The third-order valence-electron chi connectivity index (χ3n) is 3.41. The zero-order valence-electron chi connectivity index (χ0n) is 12.8. The zero-order chi connectivity index (χ0) is 15.5. The van der Waals surface area contributed by atoms with E-state index < -0.39 is 11.4 Å². The number of hydrogen-bond acceptors (Lipinski definition) is 3. The standard InChI is InChI=1S/C15H23NO3S/c1-10-6-7-12(20-10)11(2)16(5)13(17)8-15(3,4)9-14(18)19/h6-7,11H,8-9H2,1-5H3,(H,18,19). The highest BCUT2D eigenvalue weighted by Gasteiger charge is 2.28. The summed E-state index contributed by atoms with van der Waals surface area (Å²) in [6, 6.07) is 4.10. The molecule has 1 N–H and O–H groups in total. The van der Waals surface area contributed by atoms with Crippen LogP contribution in [0, 0.1) is 12.3 Å². The molecule has 0 saturated carbocycles. The Morgan fingerprint density at radius 3 is 2.40 bits per heavy atom. The summed E-state index contributed by atoms with van der Waals surface area (Å²) >= 11 is 1.68. The molecule has 5 heteroatoms. The van der Waals surface area contributed by atoms with E-state index in [0.717, 1.165) is 4.88 Å². The number of thiophene rings is 1. The molecule has 0 radical (unpaired) electrons. The molecule has 1 aromatic rings.